The van der Waals surface area contributed by atoms with Crippen molar-refractivity contribution in [2.45, 2.75) is 45.1 Å². The molecule has 1 amide bonds. The number of piperidine rings is 1. The Kier molecular flexibility index (Phi) is 8.44. The van der Waals surface area contributed by atoms with Crippen molar-refractivity contribution < 1.29 is 17.9 Å². The van der Waals surface area contributed by atoms with Crippen LogP contribution in [0.3, 0.4) is 0 Å². The van der Waals surface area contributed by atoms with E-state index in [1.807, 2.05) is 38.1 Å². The van der Waals surface area contributed by atoms with Crippen LogP contribution < -0.4 is 10.1 Å². The third-order valence-electron chi connectivity index (χ3n) is 5.26. The van der Waals surface area contributed by atoms with Gasteiger partial charge in [0.1, 0.15) is 5.75 Å². The lowest BCUT2D eigenvalue weighted by Crippen LogP contribution is -2.45. The number of amides is 1. The van der Waals surface area contributed by atoms with Crippen LogP contribution in [-0.4, -0.2) is 37.8 Å². The molecule has 0 bridgehead atoms. The molecule has 1 aliphatic rings. The van der Waals surface area contributed by atoms with Crippen LogP contribution in [0.5, 0.6) is 5.75 Å². The van der Waals surface area contributed by atoms with Crippen molar-refractivity contribution in [3.8, 4) is 5.75 Å². The first-order valence-electron chi connectivity index (χ1n) is 10.6. The molecule has 1 fully saturated rings. The fourth-order valence-electron chi connectivity index (χ4n) is 3.63. The van der Waals surface area contributed by atoms with E-state index in [4.69, 9.17) is 27.9 Å². The van der Waals surface area contributed by atoms with Gasteiger partial charge in [0.15, 0.2) is 0 Å². The molecular weight excluding hydrogens is 471 g/mol. The maximum absolute atomic E-state index is 12.9. The molecule has 2 aromatic rings. The Hall–Kier alpha value is -1.80. The zero-order valence-corrected chi connectivity index (χ0v) is 20.5. The monoisotopic (exact) mass is 498 g/mol. The summed E-state index contributed by atoms with van der Waals surface area (Å²) < 4.78 is 32.9. The number of halogens is 2. The highest BCUT2D eigenvalue weighted by molar-refractivity contribution is 7.88. The smallest absolute Gasteiger partial charge is 0.224 e. The molecule has 6 nitrogen and oxygen atoms in total. The number of carbonyl (C=O) groups excluding carboxylic acids is 1. The normalized spacial score (nSPS) is 17.3. The van der Waals surface area contributed by atoms with Crippen LogP contribution in [0.2, 0.25) is 10.0 Å². The van der Waals surface area contributed by atoms with Crippen LogP contribution in [0.25, 0.3) is 0 Å². The van der Waals surface area contributed by atoms with Gasteiger partial charge in [0, 0.05) is 29.7 Å². The summed E-state index contributed by atoms with van der Waals surface area (Å²) in [6, 6.07) is 12.3. The minimum Gasteiger partial charge on any atom is -0.491 e. The quantitative estimate of drug-likeness (QED) is 0.575. The first-order chi connectivity index (χ1) is 15.1. The third-order valence-corrected chi connectivity index (χ3v) is 7.64. The van der Waals surface area contributed by atoms with Crippen molar-refractivity contribution in [2.75, 3.05) is 13.1 Å². The van der Waals surface area contributed by atoms with Crippen molar-refractivity contribution in [2.24, 2.45) is 5.92 Å². The van der Waals surface area contributed by atoms with Gasteiger partial charge in [0.05, 0.1) is 17.8 Å². The lowest BCUT2D eigenvalue weighted by atomic mass is 9.99. The summed E-state index contributed by atoms with van der Waals surface area (Å²) >= 11 is 12.0. The molecule has 174 valence electrons. The standard InChI is InChI=1S/C23H28Cl2N2O4S/c1-16(2)31-21-9-5-17(6-10-21)13-26-23(28)18-4-3-11-27(14-18)32(29,30)15-19-7-8-20(24)12-22(19)25/h5-10,12,16,18H,3-4,11,13-15H2,1-2H3,(H,26,28)/t18-/m0/s1. The summed E-state index contributed by atoms with van der Waals surface area (Å²) in [6.45, 7) is 4.87. The topological polar surface area (TPSA) is 75.7 Å². The molecule has 1 aliphatic heterocycles. The summed E-state index contributed by atoms with van der Waals surface area (Å²) in [4.78, 5) is 12.7. The molecular formula is C23H28Cl2N2O4S. The number of ether oxygens (including phenoxy) is 1. The minimum absolute atomic E-state index is 0.0989. The van der Waals surface area contributed by atoms with Crippen molar-refractivity contribution >= 4 is 39.1 Å². The molecule has 0 saturated carbocycles. The average molecular weight is 499 g/mol. The Labute approximate surface area is 199 Å². The number of hydrogen-bond acceptors (Lipinski definition) is 4. The van der Waals surface area contributed by atoms with Crippen LogP contribution >= 0.6 is 23.2 Å². The summed E-state index contributed by atoms with van der Waals surface area (Å²) in [5, 5.41) is 3.70. The Morgan fingerprint density at radius 3 is 2.56 bits per heavy atom. The second kappa shape index (κ2) is 10.9. The van der Waals surface area contributed by atoms with Gasteiger partial charge in [-0.05, 0) is 62.1 Å². The van der Waals surface area contributed by atoms with Crippen LogP contribution in [-0.2, 0) is 27.1 Å². The van der Waals surface area contributed by atoms with Gasteiger partial charge in [-0.15, -0.1) is 0 Å². The second-order valence-corrected chi connectivity index (χ2v) is 11.0. The number of nitrogens with zero attached hydrogens (tertiary/aromatic N) is 1. The minimum atomic E-state index is -3.61. The lowest BCUT2D eigenvalue weighted by molar-refractivity contribution is -0.126. The van der Waals surface area contributed by atoms with Crippen molar-refractivity contribution in [1.82, 2.24) is 9.62 Å². The van der Waals surface area contributed by atoms with Crippen molar-refractivity contribution in [3.63, 3.8) is 0 Å². The van der Waals surface area contributed by atoms with Crippen LogP contribution in [0, 0.1) is 5.92 Å². The van der Waals surface area contributed by atoms with E-state index in [0.717, 1.165) is 11.3 Å². The van der Waals surface area contributed by atoms with Crippen LogP contribution in [0.4, 0.5) is 0 Å². The molecule has 0 unspecified atom stereocenters. The molecule has 0 radical (unpaired) electrons. The molecule has 9 heteroatoms. The van der Waals surface area contributed by atoms with Crippen molar-refractivity contribution in [1.29, 1.82) is 0 Å². The summed E-state index contributed by atoms with van der Waals surface area (Å²) in [7, 11) is -3.61. The van der Waals surface area contributed by atoms with E-state index in [0.29, 0.717) is 41.5 Å². The summed E-state index contributed by atoms with van der Waals surface area (Å²) in [5.41, 5.74) is 1.44. The number of rotatable bonds is 8. The molecule has 1 saturated heterocycles. The molecule has 1 N–H and O–H groups in total. The van der Waals surface area contributed by atoms with Crippen LogP contribution in [0.1, 0.15) is 37.8 Å². The lowest BCUT2D eigenvalue weighted by Gasteiger charge is -2.31. The van der Waals surface area contributed by atoms with E-state index >= 15 is 0 Å². The molecule has 3 rings (SSSR count). The van der Waals surface area contributed by atoms with Crippen LogP contribution in [0.15, 0.2) is 42.5 Å². The van der Waals surface area contributed by atoms with Gasteiger partial charge < -0.3 is 10.1 Å². The van der Waals surface area contributed by atoms with Crippen molar-refractivity contribution in [3.05, 3.63) is 63.6 Å². The van der Waals surface area contributed by atoms with E-state index < -0.39 is 10.0 Å². The predicted octanol–water partition coefficient (Wildman–Crippen LogP) is 4.64. The highest BCUT2D eigenvalue weighted by atomic mass is 35.5. The summed E-state index contributed by atoms with van der Waals surface area (Å²) in [6.07, 6.45) is 1.38. The molecule has 0 spiro atoms. The molecule has 1 heterocycles. The second-order valence-electron chi connectivity index (χ2n) is 8.22. The molecule has 0 aromatic heterocycles. The SMILES string of the molecule is CC(C)Oc1ccc(CNC(=O)[C@H]2CCCN(S(=O)(=O)Cc3ccc(Cl)cc3Cl)C2)cc1. The molecule has 0 aliphatic carbocycles. The maximum atomic E-state index is 12.9. The maximum Gasteiger partial charge on any atom is 0.224 e. The average Bonchev–Trinajstić information content (AvgIpc) is 2.75. The number of benzene rings is 2. The first-order valence-corrected chi connectivity index (χ1v) is 13.0. The Morgan fingerprint density at radius 2 is 1.91 bits per heavy atom. The fourth-order valence-corrected chi connectivity index (χ4v) is 5.82. The van der Waals surface area contributed by atoms with E-state index in [1.54, 1.807) is 12.1 Å². The Bertz CT molecular complexity index is 1040. The predicted molar refractivity (Wildman–Crippen MR) is 127 cm³/mol. The third kappa shape index (κ3) is 6.85. The number of sulfonamides is 1. The first kappa shape index (κ1) is 24.8. The largest absolute Gasteiger partial charge is 0.491 e. The van der Waals surface area contributed by atoms with E-state index in [-0.39, 0.29) is 30.2 Å². The molecule has 2 aromatic carbocycles. The fraction of sp³-hybridized carbons (Fsp3) is 0.435. The van der Waals surface area contributed by atoms with Gasteiger partial charge in [-0.3, -0.25) is 4.79 Å². The van der Waals surface area contributed by atoms with Gasteiger partial charge in [0.25, 0.3) is 0 Å². The molecule has 1 atom stereocenters. The Morgan fingerprint density at radius 1 is 1.19 bits per heavy atom. The van der Waals surface area contributed by atoms with E-state index in [2.05, 4.69) is 5.32 Å². The highest BCUT2D eigenvalue weighted by Gasteiger charge is 2.32. The van der Waals surface area contributed by atoms with E-state index in [1.165, 1.54) is 10.4 Å². The van der Waals surface area contributed by atoms with E-state index in [9.17, 15) is 13.2 Å². The van der Waals surface area contributed by atoms with Gasteiger partial charge in [-0.2, -0.15) is 0 Å². The molecule has 32 heavy (non-hydrogen) atoms. The Balaban J connectivity index is 1.56. The zero-order valence-electron chi connectivity index (χ0n) is 18.2. The zero-order chi connectivity index (χ0) is 23.3. The van der Waals surface area contributed by atoms with Gasteiger partial charge in [0.2, 0.25) is 15.9 Å². The van der Waals surface area contributed by atoms with Gasteiger partial charge >= 0.3 is 0 Å². The van der Waals surface area contributed by atoms with Gasteiger partial charge in [-0.25, -0.2) is 12.7 Å². The van der Waals surface area contributed by atoms with Gasteiger partial charge in [-0.1, -0.05) is 41.4 Å². The number of carbonyl (C=O) groups is 1. The number of nitrogens with one attached hydrogen (secondary N) is 1. The number of hydrogen-bond donors (Lipinski definition) is 1. The summed E-state index contributed by atoms with van der Waals surface area (Å²) in [5.74, 6) is 0.0333. The highest BCUT2D eigenvalue weighted by Crippen LogP contribution is 2.26.